The van der Waals surface area contributed by atoms with Gasteiger partial charge in [-0.1, -0.05) is 45.2 Å². The van der Waals surface area contributed by atoms with Crippen molar-refractivity contribution in [1.82, 2.24) is 4.72 Å². The maximum absolute atomic E-state index is 13.0. The van der Waals surface area contributed by atoms with Crippen molar-refractivity contribution in [3.63, 3.8) is 0 Å². The van der Waals surface area contributed by atoms with Gasteiger partial charge in [-0.05, 0) is 48.0 Å². The van der Waals surface area contributed by atoms with Crippen molar-refractivity contribution in [2.75, 3.05) is 10.2 Å². The Morgan fingerprint density at radius 3 is 2.48 bits per heavy atom. The molecule has 3 aromatic rings. The topological polar surface area (TPSA) is 113 Å². The van der Waals surface area contributed by atoms with Crippen LogP contribution in [0.2, 0.25) is 9.36 Å². The molecule has 0 saturated carbocycles. The van der Waals surface area contributed by atoms with Gasteiger partial charge in [0, 0.05) is 15.7 Å². The number of nitrogens with zero attached hydrogens (tertiary/aromatic N) is 1. The fourth-order valence-corrected chi connectivity index (χ4v) is 6.17. The largest absolute Gasteiger partial charge is 0.333 e. The van der Waals surface area contributed by atoms with E-state index in [1.165, 1.54) is 30.3 Å². The third-order valence-electron chi connectivity index (χ3n) is 4.58. The standard InChI is InChI=1S/C20H12BrCl2N3O5S2/c21-11-2-1-10-7-17(27)26(19(28)13(10)8-11)15-4-3-12(9-14(15)22)24-20(29)25-33(30,31)18-6-5-16(23)32-18/h1-6,8-9H,7H2,(H2,24,25,29). The number of halogens is 3. The first-order valence-corrected chi connectivity index (χ1v) is 12.9. The smallest absolute Gasteiger partial charge is 0.307 e. The monoisotopic (exact) mass is 587 g/mol. The first-order valence-electron chi connectivity index (χ1n) is 9.09. The highest BCUT2D eigenvalue weighted by Gasteiger charge is 2.33. The highest BCUT2D eigenvalue weighted by atomic mass is 79.9. The minimum atomic E-state index is -4.10. The molecule has 2 aromatic carbocycles. The van der Waals surface area contributed by atoms with Crippen LogP contribution in [0.25, 0.3) is 0 Å². The second kappa shape index (κ2) is 9.07. The molecule has 13 heteroatoms. The predicted octanol–water partition coefficient (Wildman–Crippen LogP) is 5.06. The van der Waals surface area contributed by atoms with Crippen LogP contribution in [0.15, 0.2) is 57.2 Å². The van der Waals surface area contributed by atoms with Gasteiger partial charge in [-0.2, -0.15) is 0 Å². The number of hydrogen-bond donors (Lipinski definition) is 2. The molecular formula is C20H12BrCl2N3O5S2. The van der Waals surface area contributed by atoms with Crippen LogP contribution in [0.5, 0.6) is 0 Å². The summed E-state index contributed by atoms with van der Waals surface area (Å²) < 4.78 is 27.2. The van der Waals surface area contributed by atoms with Crippen LogP contribution < -0.4 is 14.9 Å². The van der Waals surface area contributed by atoms with Crippen LogP contribution in [0.1, 0.15) is 15.9 Å². The molecule has 0 atom stereocenters. The van der Waals surface area contributed by atoms with Gasteiger partial charge in [0.15, 0.2) is 0 Å². The molecule has 1 aromatic heterocycles. The van der Waals surface area contributed by atoms with Crippen molar-refractivity contribution in [2.24, 2.45) is 0 Å². The molecule has 0 spiro atoms. The number of carbonyl (C=O) groups is 3. The van der Waals surface area contributed by atoms with E-state index in [0.717, 1.165) is 16.2 Å². The van der Waals surface area contributed by atoms with Gasteiger partial charge in [0.25, 0.3) is 15.9 Å². The molecule has 170 valence electrons. The molecule has 0 aliphatic carbocycles. The molecule has 1 aliphatic heterocycles. The number of sulfonamides is 1. The van der Waals surface area contributed by atoms with Crippen molar-refractivity contribution in [1.29, 1.82) is 0 Å². The Balaban J connectivity index is 1.53. The zero-order valence-corrected chi connectivity index (χ0v) is 21.0. The highest BCUT2D eigenvalue weighted by molar-refractivity contribution is 9.10. The van der Waals surface area contributed by atoms with E-state index in [2.05, 4.69) is 21.2 Å². The van der Waals surface area contributed by atoms with E-state index >= 15 is 0 Å². The number of nitrogens with one attached hydrogen (secondary N) is 2. The van der Waals surface area contributed by atoms with E-state index in [9.17, 15) is 22.8 Å². The molecule has 0 radical (unpaired) electrons. The summed E-state index contributed by atoms with van der Waals surface area (Å²) in [4.78, 5) is 38.8. The van der Waals surface area contributed by atoms with E-state index < -0.39 is 27.9 Å². The van der Waals surface area contributed by atoms with Crippen molar-refractivity contribution in [2.45, 2.75) is 10.6 Å². The summed E-state index contributed by atoms with van der Waals surface area (Å²) in [5, 5.41) is 2.37. The Bertz CT molecular complexity index is 1420. The lowest BCUT2D eigenvalue weighted by atomic mass is 9.98. The van der Waals surface area contributed by atoms with Gasteiger partial charge in [0.05, 0.1) is 21.5 Å². The lowest BCUT2D eigenvalue weighted by Gasteiger charge is -2.27. The second-order valence-electron chi connectivity index (χ2n) is 6.80. The van der Waals surface area contributed by atoms with Gasteiger partial charge in [-0.3, -0.25) is 9.59 Å². The van der Waals surface area contributed by atoms with Gasteiger partial charge >= 0.3 is 6.03 Å². The number of hydrogen-bond acceptors (Lipinski definition) is 6. The van der Waals surface area contributed by atoms with Gasteiger partial charge < -0.3 is 5.32 Å². The average molecular weight is 589 g/mol. The maximum atomic E-state index is 13.0. The summed E-state index contributed by atoms with van der Waals surface area (Å²) in [6.07, 6.45) is 0.0255. The van der Waals surface area contributed by atoms with Crippen LogP contribution in [-0.2, 0) is 21.2 Å². The fourth-order valence-electron chi connectivity index (χ4n) is 3.16. The Hall–Kier alpha value is -2.44. The average Bonchev–Trinajstić information content (AvgIpc) is 3.17. The summed E-state index contributed by atoms with van der Waals surface area (Å²) in [6.45, 7) is 0. The summed E-state index contributed by atoms with van der Waals surface area (Å²) in [7, 11) is -4.10. The molecule has 4 amide bonds. The summed E-state index contributed by atoms with van der Waals surface area (Å²) in [5.41, 5.74) is 1.29. The number of benzene rings is 2. The van der Waals surface area contributed by atoms with Crippen LogP contribution >= 0.6 is 50.5 Å². The Morgan fingerprint density at radius 1 is 1.06 bits per heavy atom. The molecule has 8 nitrogen and oxygen atoms in total. The molecular weight excluding hydrogens is 577 g/mol. The molecule has 0 fully saturated rings. The first kappa shape index (κ1) is 23.7. The lowest BCUT2D eigenvalue weighted by molar-refractivity contribution is -0.117. The third-order valence-corrected chi connectivity index (χ3v) is 8.43. The molecule has 2 N–H and O–H groups in total. The Labute approximate surface area is 210 Å². The first-order chi connectivity index (χ1) is 15.5. The van der Waals surface area contributed by atoms with Crippen molar-refractivity contribution in [3.05, 3.63) is 73.5 Å². The summed E-state index contributed by atoms with van der Waals surface area (Å²) >= 11 is 16.2. The molecule has 33 heavy (non-hydrogen) atoms. The van der Waals surface area contributed by atoms with Crippen molar-refractivity contribution < 1.29 is 22.8 Å². The van der Waals surface area contributed by atoms with E-state index in [4.69, 9.17) is 23.2 Å². The number of amides is 4. The van der Waals surface area contributed by atoms with Gasteiger partial charge in [0.1, 0.15) is 4.21 Å². The fraction of sp³-hybridized carbons (Fsp3) is 0.0500. The van der Waals surface area contributed by atoms with Crippen LogP contribution in [0, 0.1) is 0 Å². The van der Waals surface area contributed by atoms with Gasteiger partial charge in [-0.15, -0.1) is 11.3 Å². The van der Waals surface area contributed by atoms with E-state index in [1.807, 2.05) is 4.72 Å². The molecule has 0 saturated heterocycles. The van der Waals surface area contributed by atoms with Crippen molar-refractivity contribution >= 4 is 89.7 Å². The second-order valence-corrected chi connectivity index (χ2v) is 11.7. The number of fused-ring (bicyclic) bond motifs is 1. The van der Waals surface area contributed by atoms with E-state index in [0.29, 0.717) is 15.6 Å². The maximum Gasteiger partial charge on any atom is 0.333 e. The molecule has 0 unspecified atom stereocenters. The van der Waals surface area contributed by atoms with Crippen LogP contribution in [0.4, 0.5) is 16.2 Å². The lowest BCUT2D eigenvalue weighted by Crippen LogP contribution is -2.42. The number of urea groups is 1. The van der Waals surface area contributed by atoms with E-state index in [-0.39, 0.29) is 31.4 Å². The molecule has 2 heterocycles. The number of rotatable bonds is 4. The van der Waals surface area contributed by atoms with Crippen molar-refractivity contribution in [3.8, 4) is 0 Å². The number of thiophene rings is 1. The molecule has 1 aliphatic rings. The van der Waals surface area contributed by atoms with Crippen LogP contribution in [0.3, 0.4) is 0 Å². The number of carbonyl (C=O) groups excluding carboxylic acids is 3. The highest BCUT2D eigenvalue weighted by Crippen LogP contribution is 2.34. The minimum absolute atomic E-state index is 0.0147. The quantitative estimate of drug-likeness (QED) is 0.414. The zero-order valence-electron chi connectivity index (χ0n) is 16.3. The molecule has 0 bridgehead atoms. The SMILES string of the molecule is O=C(Nc1ccc(N2C(=O)Cc3ccc(Br)cc3C2=O)c(Cl)c1)NS(=O)(=O)c1ccc(Cl)s1. The van der Waals surface area contributed by atoms with E-state index in [1.54, 1.807) is 18.2 Å². The minimum Gasteiger partial charge on any atom is -0.307 e. The Morgan fingerprint density at radius 2 is 1.82 bits per heavy atom. The third kappa shape index (κ3) is 4.92. The summed E-state index contributed by atoms with van der Waals surface area (Å²) in [6, 6.07) is 10.8. The van der Waals surface area contributed by atoms with Gasteiger partial charge in [0.2, 0.25) is 5.91 Å². The normalized spacial score (nSPS) is 13.6. The summed E-state index contributed by atoms with van der Waals surface area (Å²) in [5.74, 6) is -0.973. The van der Waals surface area contributed by atoms with Gasteiger partial charge in [-0.25, -0.2) is 22.8 Å². The number of imide groups is 1. The number of anilines is 2. The molecule has 4 rings (SSSR count). The van der Waals surface area contributed by atoms with Crippen LogP contribution in [-0.4, -0.2) is 26.3 Å². The predicted molar refractivity (Wildman–Crippen MR) is 130 cm³/mol. The zero-order chi connectivity index (χ0) is 23.9. The Kier molecular flexibility index (Phi) is 6.52.